The van der Waals surface area contributed by atoms with Gasteiger partial charge >= 0.3 is 7.12 Å². The minimum Gasteiger partial charge on any atom is -0.403 e. The molecule has 1 saturated carbocycles. The van der Waals surface area contributed by atoms with Crippen molar-refractivity contribution in [2.24, 2.45) is 0 Å². The third-order valence-electron chi connectivity index (χ3n) is 5.50. The number of rotatable bonds is 2. The smallest absolute Gasteiger partial charge is 0.403 e. The fourth-order valence-corrected chi connectivity index (χ4v) is 3.25. The number of pyridine rings is 1. The highest BCUT2D eigenvalue weighted by Gasteiger charge is 2.59. The molecule has 0 spiro atoms. The van der Waals surface area contributed by atoms with Crippen LogP contribution in [-0.4, -0.2) is 23.3 Å². The van der Waals surface area contributed by atoms with Gasteiger partial charge in [-0.2, -0.15) is 0 Å². The van der Waals surface area contributed by atoms with Crippen molar-refractivity contribution in [1.29, 1.82) is 0 Å². The lowest BCUT2D eigenvalue weighted by Crippen LogP contribution is -2.41. The van der Waals surface area contributed by atoms with Crippen LogP contribution in [0.1, 0.15) is 45.6 Å². The molecule has 22 heavy (non-hydrogen) atoms. The highest BCUT2D eigenvalue weighted by atomic mass is 16.7. The largest absolute Gasteiger partial charge is 0.461 e. The Hall–Kier alpha value is -1.39. The van der Waals surface area contributed by atoms with Gasteiger partial charge in [-0.15, -0.1) is 0 Å². The van der Waals surface area contributed by atoms with E-state index in [1.807, 2.05) is 12.3 Å². The van der Waals surface area contributed by atoms with Crippen LogP contribution in [0.3, 0.4) is 0 Å². The first kappa shape index (κ1) is 14.2. The maximum absolute atomic E-state index is 6.18. The molecule has 114 valence electrons. The summed E-state index contributed by atoms with van der Waals surface area (Å²) >= 11 is 0. The molecule has 3 nitrogen and oxygen atoms in total. The molecule has 2 unspecified atom stereocenters. The fourth-order valence-electron chi connectivity index (χ4n) is 3.25. The highest BCUT2D eigenvalue weighted by Crippen LogP contribution is 2.58. The van der Waals surface area contributed by atoms with E-state index in [1.54, 1.807) is 0 Å². The maximum Gasteiger partial charge on any atom is 0.461 e. The zero-order valence-electron chi connectivity index (χ0n) is 13.7. The average Bonchev–Trinajstić information content (AvgIpc) is 3.22. The van der Waals surface area contributed by atoms with E-state index in [0.717, 1.165) is 11.9 Å². The number of para-hydroxylation sites is 1. The molecular formula is C18H22BNO2. The Morgan fingerprint density at radius 2 is 1.77 bits per heavy atom. The second-order valence-electron chi connectivity index (χ2n) is 7.59. The maximum atomic E-state index is 6.18. The van der Waals surface area contributed by atoms with Crippen molar-refractivity contribution in [1.82, 2.24) is 4.98 Å². The first-order valence-corrected chi connectivity index (χ1v) is 8.08. The third-order valence-corrected chi connectivity index (χ3v) is 5.50. The number of nitrogens with zero attached hydrogens (tertiary/aromatic N) is 1. The number of hydrogen-bond acceptors (Lipinski definition) is 3. The molecule has 4 heteroatoms. The summed E-state index contributed by atoms with van der Waals surface area (Å²) < 4.78 is 12.4. The lowest BCUT2D eigenvalue weighted by molar-refractivity contribution is 0.00578. The Bertz CT molecular complexity index is 712. The Morgan fingerprint density at radius 3 is 2.50 bits per heavy atom. The van der Waals surface area contributed by atoms with E-state index in [2.05, 4.69) is 56.9 Å². The van der Waals surface area contributed by atoms with E-state index >= 15 is 0 Å². The van der Waals surface area contributed by atoms with Gasteiger partial charge in [0.1, 0.15) is 0 Å². The highest BCUT2D eigenvalue weighted by molar-refractivity contribution is 6.49. The number of benzene rings is 1. The molecule has 2 fully saturated rings. The summed E-state index contributed by atoms with van der Waals surface area (Å²) in [5, 5.41) is 1.21. The van der Waals surface area contributed by atoms with Gasteiger partial charge in [0.25, 0.3) is 0 Å². The van der Waals surface area contributed by atoms with E-state index in [1.165, 1.54) is 10.9 Å². The van der Waals surface area contributed by atoms with Crippen LogP contribution in [0.25, 0.3) is 10.9 Å². The van der Waals surface area contributed by atoms with Crippen molar-refractivity contribution < 1.29 is 9.31 Å². The molecule has 2 aliphatic rings. The molecule has 2 aromatic rings. The minimum atomic E-state index is -0.244. The van der Waals surface area contributed by atoms with E-state index < -0.39 is 0 Å². The Kier molecular flexibility index (Phi) is 2.95. The van der Waals surface area contributed by atoms with Crippen molar-refractivity contribution in [3.05, 3.63) is 42.1 Å². The fraction of sp³-hybridized carbons (Fsp3) is 0.500. The molecule has 0 radical (unpaired) electrons. The van der Waals surface area contributed by atoms with Crippen molar-refractivity contribution in [2.45, 2.75) is 57.1 Å². The second kappa shape index (κ2) is 4.56. The first-order valence-electron chi connectivity index (χ1n) is 8.08. The molecule has 2 atom stereocenters. The lowest BCUT2D eigenvalue weighted by Gasteiger charge is -2.32. The molecule has 1 aromatic carbocycles. The van der Waals surface area contributed by atoms with Crippen molar-refractivity contribution >= 4 is 18.0 Å². The predicted octanol–water partition coefficient (Wildman–Crippen LogP) is 4.18. The Labute approximate surface area is 132 Å². The summed E-state index contributed by atoms with van der Waals surface area (Å²) in [6, 6.07) is 10.5. The predicted molar refractivity (Wildman–Crippen MR) is 88.9 cm³/mol. The number of hydrogen-bond donors (Lipinski definition) is 0. The Balaban J connectivity index is 1.54. The molecule has 2 heterocycles. The zero-order valence-corrected chi connectivity index (χ0v) is 13.7. The molecule has 0 N–H and O–H groups in total. The third kappa shape index (κ3) is 2.17. The van der Waals surface area contributed by atoms with Crippen molar-refractivity contribution in [3.8, 4) is 0 Å². The number of fused-ring (bicyclic) bond motifs is 1. The van der Waals surface area contributed by atoms with Crippen LogP contribution in [0, 0.1) is 0 Å². The summed E-state index contributed by atoms with van der Waals surface area (Å²) in [6.07, 6.45) is 3.13. The van der Waals surface area contributed by atoms with E-state index in [0.29, 0.717) is 11.7 Å². The van der Waals surface area contributed by atoms with Crippen LogP contribution in [-0.2, 0) is 9.31 Å². The van der Waals surface area contributed by atoms with Gasteiger partial charge in [0, 0.05) is 17.4 Å². The van der Waals surface area contributed by atoms with E-state index in [-0.39, 0.29) is 18.3 Å². The minimum absolute atomic E-state index is 0.0959. The molecule has 1 aliphatic carbocycles. The van der Waals surface area contributed by atoms with Gasteiger partial charge in [0.2, 0.25) is 0 Å². The van der Waals surface area contributed by atoms with Gasteiger partial charge in [-0.3, -0.25) is 4.98 Å². The first-order chi connectivity index (χ1) is 10.4. The molecule has 1 aliphatic heterocycles. The Morgan fingerprint density at radius 1 is 1.09 bits per heavy atom. The summed E-state index contributed by atoms with van der Waals surface area (Å²) in [4.78, 5) is 4.58. The van der Waals surface area contributed by atoms with Gasteiger partial charge in [0.05, 0.1) is 16.7 Å². The van der Waals surface area contributed by atoms with Gasteiger partial charge in [-0.1, -0.05) is 18.2 Å². The van der Waals surface area contributed by atoms with Crippen LogP contribution in [0.15, 0.2) is 36.5 Å². The lowest BCUT2D eigenvalue weighted by atomic mass is 9.80. The summed E-state index contributed by atoms with van der Waals surface area (Å²) in [6.45, 7) is 8.45. The van der Waals surface area contributed by atoms with Crippen molar-refractivity contribution in [2.75, 3.05) is 0 Å². The normalized spacial score (nSPS) is 29.0. The summed E-state index contributed by atoms with van der Waals surface area (Å²) in [7, 11) is -0.0959. The van der Waals surface area contributed by atoms with Crippen molar-refractivity contribution in [3.63, 3.8) is 0 Å². The van der Waals surface area contributed by atoms with E-state index in [9.17, 15) is 0 Å². The van der Waals surface area contributed by atoms with Crippen LogP contribution in [0.4, 0.5) is 0 Å². The van der Waals surface area contributed by atoms with Gasteiger partial charge in [-0.05, 0) is 57.7 Å². The van der Waals surface area contributed by atoms with Crippen LogP contribution >= 0.6 is 0 Å². The SMILES string of the molecule is CC1(C)OB(C2CC2c2cnc3ccccc3c2)OC1(C)C. The average molecular weight is 295 g/mol. The summed E-state index contributed by atoms with van der Waals surface area (Å²) in [5.41, 5.74) is 1.87. The van der Waals surface area contributed by atoms with Crippen LogP contribution in [0.2, 0.25) is 5.82 Å². The van der Waals surface area contributed by atoms with Gasteiger partial charge in [-0.25, -0.2) is 0 Å². The monoisotopic (exact) mass is 295 g/mol. The zero-order chi connectivity index (χ0) is 15.5. The summed E-state index contributed by atoms with van der Waals surface area (Å²) in [5.74, 6) is 0.954. The molecule has 1 saturated heterocycles. The second-order valence-corrected chi connectivity index (χ2v) is 7.59. The molecule has 0 bridgehead atoms. The molecule has 0 amide bonds. The van der Waals surface area contributed by atoms with Gasteiger partial charge < -0.3 is 9.31 Å². The van der Waals surface area contributed by atoms with Crippen LogP contribution < -0.4 is 0 Å². The topological polar surface area (TPSA) is 31.4 Å². The standard InChI is InChI=1S/C18H22BNO2/c1-17(2)18(3,4)22-19(21-17)15-10-14(15)13-9-12-7-5-6-8-16(12)20-11-13/h5-9,11,14-15H,10H2,1-4H3. The number of aromatic nitrogens is 1. The van der Waals surface area contributed by atoms with E-state index in [4.69, 9.17) is 9.31 Å². The van der Waals surface area contributed by atoms with Gasteiger partial charge in [0.15, 0.2) is 0 Å². The molecular weight excluding hydrogens is 273 g/mol. The quantitative estimate of drug-likeness (QED) is 0.779. The molecule has 4 rings (SSSR count). The van der Waals surface area contributed by atoms with Crippen LogP contribution in [0.5, 0.6) is 0 Å². The molecule has 1 aromatic heterocycles.